The Morgan fingerprint density at radius 1 is 0.808 bits per heavy atom. The Balaban J connectivity index is 3.56. The van der Waals surface area contributed by atoms with Gasteiger partial charge in [-0.2, -0.15) is 10.0 Å². The van der Waals surface area contributed by atoms with Crippen molar-refractivity contribution in [1.29, 1.82) is 0 Å². The molecule has 11 heteroatoms. The second kappa shape index (κ2) is 9.02. The van der Waals surface area contributed by atoms with Crippen LogP contribution in [0.15, 0.2) is 4.99 Å². The van der Waals surface area contributed by atoms with Crippen LogP contribution < -0.4 is 0 Å². The number of aliphatic imine (C=N–C) groups is 1. The van der Waals surface area contributed by atoms with Gasteiger partial charge in [-0.15, -0.1) is 0 Å². The van der Waals surface area contributed by atoms with E-state index in [9.17, 15) is 19.2 Å². The van der Waals surface area contributed by atoms with Crippen LogP contribution >= 0.6 is 0 Å². The molecule has 0 aromatic carbocycles. The third-order valence-electron chi connectivity index (χ3n) is 3.14. The van der Waals surface area contributed by atoms with E-state index in [1.54, 1.807) is 6.92 Å². The SMILES string of the molecule is CCOC(=O)N1C(C)=NC(C(=O)OCC)(C(=O)OCC)N1C(=O)OCC. The summed E-state index contributed by atoms with van der Waals surface area (Å²) in [5.74, 6) is -2.51. The predicted octanol–water partition coefficient (Wildman–Crippen LogP) is 1.07. The third kappa shape index (κ3) is 3.70. The molecule has 0 atom stereocenters. The lowest BCUT2D eigenvalue weighted by molar-refractivity contribution is -0.177. The number of carbonyl (C=O) groups is 4. The zero-order chi connectivity index (χ0) is 19.9. The minimum Gasteiger partial charge on any atom is -0.462 e. The van der Waals surface area contributed by atoms with Crippen molar-refractivity contribution >= 4 is 30.0 Å². The molecule has 0 saturated heterocycles. The van der Waals surface area contributed by atoms with E-state index in [2.05, 4.69) is 4.99 Å². The number of amidine groups is 1. The average Bonchev–Trinajstić information content (AvgIpc) is 2.90. The lowest BCUT2D eigenvalue weighted by Crippen LogP contribution is -2.64. The van der Waals surface area contributed by atoms with E-state index in [4.69, 9.17) is 18.9 Å². The van der Waals surface area contributed by atoms with Crippen LogP contribution in [0.1, 0.15) is 34.6 Å². The summed E-state index contributed by atoms with van der Waals surface area (Å²) in [6.45, 7) is 7.16. The highest BCUT2D eigenvalue weighted by Gasteiger charge is 2.65. The molecule has 0 fully saturated rings. The number of hydrogen-bond donors (Lipinski definition) is 0. The zero-order valence-corrected chi connectivity index (χ0v) is 15.4. The predicted molar refractivity (Wildman–Crippen MR) is 86.8 cm³/mol. The number of amides is 2. The summed E-state index contributed by atoms with van der Waals surface area (Å²) in [6.07, 6.45) is -2.18. The van der Waals surface area contributed by atoms with Gasteiger partial charge in [-0.1, -0.05) is 0 Å². The van der Waals surface area contributed by atoms with E-state index in [-0.39, 0.29) is 32.3 Å². The Morgan fingerprint density at radius 2 is 1.23 bits per heavy atom. The Bertz CT molecular complexity index is 586. The maximum atomic E-state index is 12.6. The monoisotopic (exact) mass is 373 g/mol. The van der Waals surface area contributed by atoms with E-state index < -0.39 is 29.8 Å². The quantitative estimate of drug-likeness (QED) is 0.385. The molecule has 0 aromatic heterocycles. The molecule has 0 unspecified atom stereocenters. The summed E-state index contributed by atoms with van der Waals surface area (Å²) in [4.78, 5) is 54.0. The highest BCUT2D eigenvalue weighted by atomic mass is 16.6. The highest BCUT2D eigenvalue weighted by molar-refractivity contribution is 6.13. The first kappa shape index (κ1) is 21.2. The van der Waals surface area contributed by atoms with Gasteiger partial charge in [0.05, 0.1) is 26.4 Å². The highest BCUT2D eigenvalue weighted by Crippen LogP contribution is 2.32. The van der Waals surface area contributed by atoms with E-state index in [1.165, 1.54) is 27.7 Å². The largest absolute Gasteiger partial charge is 0.462 e. The molecule has 1 rings (SSSR count). The van der Waals surface area contributed by atoms with Crippen molar-refractivity contribution in [1.82, 2.24) is 10.0 Å². The van der Waals surface area contributed by atoms with Crippen molar-refractivity contribution in [2.45, 2.75) is 40.3 Å². The van der Waals surface area contributed by atoms with Gasteiger partial charge < -0.3 is 18.9 Å². The van der Waals surface area contributed by atoms with Crippen molar-refractivity contribution in [3.05, 3.63) is 0 Å². The van der Waals surface area contributed by atoms with Crippen LogP contribution in [0.3, 0.4) is 0 Å². The van der Waals surface area contributed by atoms with E-state index in [0.717, 1.165) is 0 Å². The summed E-state index contributed by atoms with van der Waals surface area (Å²) in [5, 5.41) is 1.11. The van der Waals surface area contributed by atoms with Crippen LogP contribution in [0, 0.1) is 0 Å². The van der Waals surface area contributed by atoms with Crippen molar-refractivity contribution in [2.75, 3.05) is 26.4 Å². The molecule has 1 aliphatic heterocycles. The Hall–Kier alpha value is -2.85. The number of hydrogen-bond acceptors (Lipinski definition) is 9. The van der Waals surface area contributed by atoms with Crippen molar-refractivity contribution in [2.24, 2.45) is 4.99 Å². The molecule has 0 spiro atoms. The fourth-order valence-electron chi connectivity index (χ4n) is 2.23. The zero-order valence-electron chi connectivity index (χ0n) is 15.4. The molecule has 1 heterocycles. The fourth-order valence-corrected chi connectivity index (χ4v) is 2.23. The number of rotatable bonds is 6. The molecule has 0 aromatic rings. The van der Waals surface area contributed by atoms with Crippen LogP contribution in [0.4, 0.5) is 9.59 Å². The lowest BCUT2D eigenvalue weighted by Gasteiger charge is -2.34. The van der Waals surface area contributed by atoms with Gasteiger partial charge in [0.25, 0.3) is 0 Å². The summed E-state index contributed by atoms with van der Waals surface area (Å²) in [6, 6.07) is 0. The smallest absolute Gasteiger partial charge is 0.435 e. The van der Waals surface area contributed by atoms with Crippen molar-refractivity contribution < 1.29 is 38.1 Å². The average molecular weight is 373 g/mol. The summed E-state index contributed by atoms with van der Waals surface area (Å²) in [7, 11) is 0. The molecule has 146 valence electrons. The first-order valence-corrected chi connectivity index (χ1v) is 8.16. The molecule has 1 aliphatic rings. The first-order valence-electron chi connectivity index (χ1n) is 8.16. The van der Waals surface area contributed by atoms with Gasteiger partial charge in [0.1, 0.15) is 5.84 Å². The molecule has 0 saturated carbocycles. The molecule has 0 bridgehead atoms. The number of ether oxygens (including phenoxy) is 4. The second-order valence-corrected chi connectivity index (χ2v) is 4.79. The normalized spacial score (nSPS) is 15.2. The van der Waals surface area contributed by atoms with Gasteiger partial charge in [-0.3, -0.25) is 0 Å². The van der Waals surface area contributed by atoms with E-state index in [1.807, 2.05) is 0 Å². The van der Waals surface area contributed by atoms with E-state index in [0.29, 0.717) is 10.0 Å². The van der Waals surface area contributed by atoms with Crippen LogP contribution in [0.2, 0.25) is 0 Å². The first-order chi connectivity index (χ1) is 12.3. The van der Waals surface area contributed by atoms with Crippen molar-refractivity contribution in [3.8, 4) is 0 Å². The molecule has 0 aliphatic carbocycles. The third-order valence-corrected chi connectivity index (χ3v) is 3.14. The van der Waals surface area contributed by atoms with Gasteiger partial charge in [0, 0.05) is 0 Å². The minimum atomic E-state index is -2.57. The van der Waals surface area contributed by atoms with Crippen LogP contribution in [-0.4, -0.2) is 72.1 Å². The van der Waals surface area contributed by atoms with Gasteiger partial charge in [-0.05, 0) is 34.6 Å². The lowest BCUT2D eigenvalue weighted by atomic mass is 10.1. The van der Waals surface area contributed by atoms with Gasteiger partial charge in [0.15, 0.2) is 0 Å². The van der Waals surface area contributed by atoms with Crippen LogP contribution in [-0.2, 0) is 28.5 Å². The summed E-state index contributed by atoms with van der Waals surface area (Å²) in [5.41, 5.74) is -2.57. The number of esters is 2. The summed E-state index contributed by atoms with van der Waals surface area (Å²) < 4.78 is 19.6. The van der Waals surface area contributed by atoms with Gasteiger partial charge in [-0.25, -0.2) is 24.2 Å². The maximum Gasteiger partial charge on any atom is 0.435 e. The maximum absolute atomic E-state index is 12.6. The number of carbonyl (C=O) groups excluding carboxylic acids is 4. The fraction of sp³-hybridized carbons (Fsp3) is 0.667. The number of nitrogens with zero attached hydrogens (tertiary/aromatic N) is 3. The minimum absolute atomic E-state index is 0.00884. The summed E-state index contributed by atoms with van der Waals surface area (Å²) >= 11 is 0. The molecule has 0 radical (unpaired) electrons. The number of hydrazine groups is 1. The van der Waals surface area contributed by atoms with Crippen LogP contribution in [0.25, 0.3) is 0 Å². The van der Waals surface area contributed by atoms with Crippen molar-refractivity contribution in [3.63, 3.8) is 0 Å². The molecule has 0 N–H and O–H groups in total. The molecule has 11 nitrogen and oxygen atoms in total. The second-order valence-electron chi connectivity index (χ2n) is 4.79. The van der Waals surface area contributed by atoms with Crippen LogP contribution in [0.5, 0.6) is 0 Å². The molecular formula is C15H23N3O8. The Kier molecular flexibility index (Phi) is 7.35. The Morgan fingerprint density at radius 3 is 1.65 bits per heavy atom. The van der Waals surface area contributed by atoms with E-state index >= 15 is 0 Å². The Labute approximate surface area is 150 Å². The molecule has 26 heavy (non-hydrogen) atoms. The topological polar surface area (TPSA) is 124 Å². The molecular weight excluding hydrogens is 350 g/mol. The van der Waals surface area contributed by atoms with Gasteiger partial charge in [0.2, 0.25) is 0 Å². The standard InChI is InChI=1S/C15H23N3O8/c1-6-23-11(19)15(12(20)24-7-2)16-10(5)17(13(21)25-8-3)18(15)14(22)26-9-4/h6-9H2,1-5H3. The van der Waals surface area contributed by atoms with Gasteiger partial charge >= 0.3 is 29.8 Å². The molecule has 2 amide bonds.